The number of fused-ring (bicyclic) bond motifs is 1. The Bertz CT molecular complexity index is 762. The molecule has 3 rings (SSSR count). The molecule has 2 N–H and O–H groups in total. The van der Waals surface area contributed by atoms with Crippen molar-refractivity contribution in [3.63, 3.8) is 0 Å². The normalized spacial score (nSPS) is 11.4. The number of hydrogen-bond donors (Lipinski definition) is 1. The summed E-state index contributed by atoms with van der Waals surface area (Å²) >= 11 is 1.71. The third kappa shape index (κ3) is 2.96. The maximum Gasteiger partial charge on any atom is 0.123 e. The van der Waals surface area contributed by atoms with E-state index >= 15 is 0 Å². The Balaban J connectivity index is 2.03. The molecule has 0 unspecified atom stereocenters. The lowest BCUT2D eigenvalue weighted by Gasteiger charge is -2.02. The molecule has 4 heteroatoms. The Morgan fingerprint density at radius 1 is 1.24 bits per heavy atom. The number of rotatable bonds is 4. The van der Waals surface area contributed by atoms with Gasteiger partial charge in [-0.3, -0.25) is 4.98 Å². The molecule has 0 spiro atoms. The molecule has 0 aliphatic heterocycles. The number of hydrogen-bond acceptors (Lipinski definition) is 4. The molecule has 0 aliphatic rings. The molecule has 3 nitrogen and oxygen atoms in total. The van der Waals surface area contributed by atoms with Gasteiger partial charge in [-0.25, -0.2) is 4.98 Å². The van der Waals surface area contributed by atoms with Gasteiger partial charge in [0.2, 0.25) is 0 Å². The molecule has 21 heavy (non-hydrogen) atoms. The van der Waals surface area contributed by atoms with Crippen LogP contribution in [0.3, 0.4) is 0 Å². The summed E-state index contributed by atoms with van der Waals surface area (Å²) in [7, 11) is 0. The van der Waals surface area contributed by atoms with Crippen LogP contribution in [0.1, 0.15) is 24.4 Å². The van der Waals surface area contributed by atoms with Crippen molar-refractivity contribution < 1.29 is 0 Å². The van der Waals surface area contributed by atoms with Crippen molar-refractivity contribution >= 4 is 22.2 Å². The fraction of sp³-hybridized carbons (Fsp3) is 0.294. The van der Waals surface area contributed by atoms with E-state index in [-0.39, 0.29) is 0 Å². The van der Waals surface area contributed by atoms with Crippen molar-refractivity contribution in [3.05, 3.63) is 47.1 Å². The Labute approximate surface area is 128 Å². The first kappa shape index (κ1) is 14.2. The fourth-order valence-electron chi connectivity index (χ4n) is 2.42. The molecule has 0 aliphatic carbocycles. The molecule has 0 atom stereocenters. The van der Waals surface area contributed by atoms with Crippen LogP contribution in [0.2, 0.25) is 0 Å². The molecule has 2 aromatic heterocycles. The second kappa shape index (κ2) is 5.92. The molecule has 0 saturated carbocycles. The van der Waals surface area contributed by atoms with Gasteiger partial charge in [0.15, 0.2) is 0 Å². The van der Waals surface area contributed by atoms with Crippen LogP contribution < -0.4 is 5.73 Å². The molecule has 1 aromatic carbocycles. The van der Waals surface area contributed by atoms with Gasteiger partial charge in [-0.15, -0.1) is 11.3 Å². The summed E-state index contributed by atoms with van der Waals surface area (Å²) in [5.41, 5.74) is 9.18. The lowest BCUT2D eigenvalue weighted by atomic mass is 10.1. The topological polar surface area (TPSA) is 51.8 Å². The van der Waals surface area contributed by atoms with Gasteiger partial charge in [-0.05, 0) is 36.6 Å². The summed E-state index contributed by atoms with van der Waals surface area (Å²) in [6, 6.07) is 10.3. The minimum absolute atomic E-state index is 0.564. The standard InChI is InChI=1S/C17H19N3S/c1-11(2)8-15-16(10-18)21-17(20-15)13-5-6-14-12(9-13)4-3-7-19-14/h3-7,9,11H,8,10,18H2,1-2H3. The van der Waals surface area contributed by atoms with Crippen molar-refractivity contribution in [2.24, 2.45) is 11.7 Å². The maximum absolute atomic E-state index is 5.87. The van der Waals surface area contributed by atoms with Crippen LogP contribution in [-0.4, -0.2) is 9.97 Å². The Hall–Kier alpha value is -1.78. The van der Waals surface area contributed by atoms with E-state index in [1.165, 1.54) is 4.88 Å². The zero-order valence-electron chi connectivity index (χ0n) is 12.3. The highest BCUT2D eigenvalue weighted by atomic mass is 32.1. The van der Waals surface area contributed by atoms with Crippen LogP contribution in [0, 0.1) is 5.92 Å². The zero-order valence-corrected chi connectivity index (χ0v) is 13.2. The van der Waals surface area contributed by atoms with Crippen molar-refractivity contribution in [1.82, 2.24) is 9.97 Å². The quantitative estimate of drug-likeness (QED) is 0.791. The highest BCUT2D eigenvalue weighted by Gasteiger charge is 2.13. The van der Waals surface area contributed by atoms with Gasteiger partial charge in [-0.2, -0.15) is 0 Å². The van der Waals surface area contributed by atoms with Crippen LogP contribution in [0.4, 0.5) is 0 Å². The fourth-order valence-corrected chi connectivity index (χ4v) is 3.39. The van der Waals surface area contributed by atoms with Crippen molar-refractivity contribution in [3.8, 4) is 10.6 Å². The smallest absolute Gasteiger partial charge is 0.123 e. The highest BCUT2D eigenvalue weighted by molar-refractivity contribution is 7.15. The van der Waals surface area contributed by atoms with E-state index in [2.05, 4.69) is 43.1 Å². The lowest BCUT2D eigenvalue weighted by molar-refractivity contribution is 0.634. The molecule has 3 aromatic rings. The SMILES string of the molecule is CC(C)Cc1nc(-c2ccc3ncccc3c2)sc1CN. The van der Waals surface area contributed by atoms with Gasteiger partial charge in [0.05, 0.1) is 11.2 Å². The average Bonchev–Trinajstić information content (AvgIpc) is 2.89. The number of nitrogens with zero attached hydrogens (tertiary/aromatic N) is 2. The summed E-state index contributed by atoms with van der Waals surface area (Å²) in [5.74, 6) is 0.589. The first-order chi connectivity index (χ1) is 10.2. The van der Waals surface area contributed by atoms with Gasteiger partial charge in [0.25, 0.3) is 0 Å². The minimum Gasteiger partial charge on any atom is -0.326 e. The van der Waals surface area contributed by atoms with Crippen LogP contribution in [0.5, 0.6) is 0 Å². The van der Waals surface area contributed by atoms with E-state index in [9.17, 15) is 0 Å². The molecule has 0 fully saturated rings. The van der Waals surface area contributed by atoms with Crippen molar-refractivity contribution in [1.29, 1.82) is 0 Å². The Morgan fingerprint density at radius 3 is 2.86 bits per heavy atom. The number of nitrogens with two attached hydrogens (primary N) is 1. The van der Waals surface area contributed by atoms with Crippen LogP contribution >= 0.6 is 11.3 Å². The highest BCUT2D eigenvalue weighted by Crippen LogP contribution is 2.30. The summed E-state index contributed by atoms with van der Waals surface area (Å²) in [4.78, 5) is 10.4. The number of aromatic nitrogens is 2. The minimum atomic E-state index is 0.564. The Morgan fingerprint density at radius 2 is 2.10 bits per heavy atom. The lowest BCUT2D eigenvalue weighted by Crippen LogP contribution is -2.01. The van der Waals surface area contributed by atoms with E-state index in [1.807, 2.05) is 12.3 Å². The molecular formula is C17H19N3S. The molecule has 108 valence electrons. The van der Waals surface area contributed by atoms with Gasteiger partial charge in [-0.1, -0.05) is 19.9 Å². The summed E-state index contributed by atoms with van der Waals surface area (Å²) in [6.45, 7) is 4.98. The van der Waals surface area contributed by atoms with E-state index in [1.54, 1.807) is 11.3 Å². The number of thiazole rings is 1. The van der Waals surface area contributed by atoms with Gasteiger partial charge < -0.3 is 5.73 Å². The predicted molar refractivity (Wildman–Crippen MR) is 89.3 cm³/mol. The van der Waals surface area contributed by atoms with Crippen LogP contribution in [0.25, 0.3) is 21.5 Å². The third-order valence-corrected chi connectivity index (χ3v) is 4.58. The first-order valence-electron chi connectivity index (χ1n) is 7.21. The molecule has 2 heterocycles. The van der Waals surface area contributed by atoms with Gasteiger partial charge in [0, 0.05) is 28.6 Å². The average molecular weight is 297 g/mol. The second-order valence-electron chi connectivity index (χ2n) is 5.60. The molecule has 0 radical (unpaired) electrons. The van der Waals surface area contributed by atoms with E-state index in [0.29, 0.717) is 12.5 Å². The number of pyridine rings is 1. The van der Waals surface area contributed by atoms with E-state index in [4.69, 9.17) is 10.7 Å². The van der Waals surface area contributed by atoms with Crippen molar-refractivity contribution in [2.75, 3.05) is 0 Å². The number of benzene rings is 1. The van der Waals surface area contributed by atoms with Crippen LogP contribution in [0.15, 0.2) is 36.5 Å². The maximum atomic E-state index is 5.87. The molecule has 0 bridgehead atoms. The van der Waals surface area contributed by atoms with Crippen LogP contribution in [-0.2, 0) is 13.0 Å². The second-order valence-corrected chi connectivity index (χ2v) is 6.69. The van der Waals surface area contributed by atoms with Gasteiger partial charge >= 0.3 is 0 Å². The largest absolute Gasteiger partial charge is 0.326 e. The summed E-state index contributed by atoms with van der Waals surface area (Å²) in [5, 5.41) is 2.20. The predicted octanol–water partition coefficient (Wildman–Crippen LogP) is 4.02. The Kier molecular flexibility index (Phi) is 3.99. The zero-order chi connectivity index (χ0) is 14.8. The summed E-state index contributed by atoms with van der Waals surface area (Å²) in [6.07, 6.45) is 2.80. The first-order valence-corrected chi connectivity index (χ1v) is 8.03. The van der Waals surface area contributed by atoms with Gasteiger partial charge in [0.1, 0.15) is 5.01 Å². The van der Waals surface area contributed by atoms with E-state index < -0.39 is 0 Å². The monoisotopic (exact) mass is 297 g/mol. The molecule has 0 amide bonds. The third-order valence-electron chi connectivity index (χ3n) is 3.42. The molecule has 0 saturated heterocycles. The molecular weight excluding hydrogens is 278 g/mol. The van der Waals surface area contributed by atoms with E-state index in [0.717, 1.165) is 33.6 Å². The van der Waals surface area contributed by atoms with Crippen molar-refractivity contribution in [2.45, 2.75) is 26.8 Å². The summed E-state index contributed by atoms with van der Waals surface area (Å²) < 4.78 is 0.